The second-order valence-corrected chi connectivity index (χ2v) is 3.80. The van der Waals surface area contributed by atoms with Crippen LogP contribution in [-0.2, 0) is 4.79 Å². The van der Waals surface area contributed by atoms with Gasteiger partial charge in [0.05, 0.1) is 6.54 Å². The topological polar surface area (TPSA) is 58.2 Å². The lowest BCUT2D eigenvalue weighted by Gasteiger charge is -2.02. The SMILES string of the molecule is CNC(=O)CNC(=O)c1scc(C)c1F. The maximum atomic E-state index is 13.3. The molecule has 0 radical (unpaired) electrons. The highest BCUT2D eigenvalue weighted by Gasteiger charge is 2.16. The summed E-state index contributed by atoms with van der Waals surface area (Å²) >= 11 is 1.02. The van der Waals surface area contributed by atoms with E-state index in [1.807, 2.05) is 0 Å². The largest absolute Gasteiger partial charge is 0.358 e. The highest BCUT2D eigenvalue weighted by Crippen LogP contribution is 2.19. The first-order chi connectivity index (χ1) is 7.06. The Balaban J connectivity index is 2.62. The second kappa shape index (κ2) is 4.88. The molecule has 1 heterocycles. The molecule has 0 atom stereocenters. The fourth-order valence-corrected chi connectivity index (χ4v) is 1.75. The zero-order valence-corrected chi connectivity index (χ0v) is 9.20. The number of hydrogen-bond acceptors (Lipinski definition) is 3. The summed E-state index contributed by atoms with van der Waals surface area (Å²) < 4.78 is 13.3. The molecule has 6 heteroatoms. The van der Waals surface area contributed by atoms with E-state index in [2.05, 4.69) is 10.6 Å². The number of rotatable bonds is 3. The lowest BCUT2D eigenvalue weighted by Crippen LogP contribution is -2.35. The van der Waals surface area contributed by atoms with E-state index < -0.39 is 11.7 Å². The molecule has 0 saturated heterocycles. The summed E-state index contributed by atoms with van der Waals surface area (Å²) in [4.78, 5) is 22.2. The van der Waals surface area contributed by atoms with Crippen molar-refractivity contribution in [2.24, 2.45) is 0 Å². The highest BCUT2D eigenvalue weighted by molar-refractivity contribution is 7.12. The van der Waals surface area contributed by atoms with Gasteiger partial charge in [0.2, 0.25) is 5.91 Å². The van der Waals surface area contributed by atoms with Gasteiger partial charge in [0.1, 0.15) is 10.7 Å². The van der Waals surface area contributed by atoms with Crippen LogP contribution in [0.3, 0.4) is 0 Å². The third-order valence-electron chi connectivity index (χ3n) is 1.79. The van der Waals surface area contributed by atoms with Crippen LogP contribution in [0.5, 0.6) is 0 Å². The van der Waals surface area contributed by atoms with Crippen molar-refractivity contribution >= 4 is 23.2 Å². The Morgan fingerprint density at radius 3 is 2.67 bits per heavy atom. The normalized spacial score (nSPS) is 9.80. The van der Waals surface area contributed by atoms with Crippen LogP contribution in [0.4, 0.5) is 4.39 Å². The molecule has 0 aromatic carbocycles. The molecule has 2 amide bonds. The van der Waals surface area contributed by atoms with Gasteiger partial charge >= 0.3 is 0 Å². The predicted molar refractivity (Wildman–Crippen MR) is 55.4 cm³/mol. The molecule has 0 bridgehead atoms. The number of carbonyl (C=O) groups is 2. The molecule has 2 N–H and O–H groups in total. The lowest BCUT2D eigenvalue weighted by molar-refractivity contribution is -0.119. The van der Waals surface area contributed by atoms with Gasteiger partial charge in [-0.05, 0) is 17.9 Å². The standard InChI is InChI=1S/C9H11FN2O2S/c1-5-4-15-8(7(5)10)9(14)12-3-6(13)11-2/h4H,3H2,1-2H3,(H,11,13)(H,12,14). The van der Waals surface area contributed by atoms with E-state index in [-0.39, 0.29) is 17.3 Å². The Morgan fingerprint density at radius 1 is 1.53 bits per heavy atom. The Labute approximate surface area is 90.5 Å². The van der Waals surface area contributed by atoms with Gasteiger partial charge < -0.3 is 10.6 Å². The smallest absolute Gasteiger partial charge is 0.264 e. The molecule has 0 fully saturated rings. The van der Waals surface area contributed by atoms with Crippen molar-refractivity contribution < 1.29 is 14.0 Å². The molecule has 4 nitrogen and oxygen atoms in total. The minimum atomic E-state index is -0.561. The zero-order chi connectivity index (χ0) is 11.4. The van der Waals surface area contributed by atoms with Crippen molar-refractivity contribution in [1.29, 1.82) is 0 Å². The van der Waals surface area contributed by atoms with Crippen LogP contribution < -0.4 is 10.6 Å². The van der Waals surface area contributed by atoms with Crippen molar-refractivity contribution in [2.45, 2.75) is 6.92 Å². The second-order valence-electron chi connectivity index (χ2n) is 2.92. The van der Waals surface area contributed by atoms with Crippen LogP contribution in [0.2, 0.25) is 0 Å². The number of likely N-dealkylation sites (N-methyl/N-ethyl adjacent to an activating group) is 1. The van der Waals surface area contributed by atoms with E-state index in [9.17, 15) is 14.0 Å². The predicted octanol–water partition coefficient (Wildman–Crippen LogP) is 0.671. The van der Waals surface area contributed by atoms with Crippen molar-refractivity contribution in [3.63, 3.8) is 0 Å². The third kappa shape index (κ3) is 2.76. The molecule has 0 aliphatic heterocycles. The number of hydrogen-bond donors (Lipinski definition) is 2. The van der Waals surface area contributed by atoms with E-state index in [1.54, 1.807) is 12.3 Å². The maximum absolute atomic E-state index is 13.3. The number of carbonyl (C=O) groups excluding carboxylic acids is 2. The maximum Gasteiger partial charge on any atom is 0.264 e. The minimum absolute atomic E-state index is 0.0106. The quantitative estimate of drug-likeness (QED) is 0.802. The summed E-state index contributed by atoms with van der Waals surface area (Å²) in [5.41, 5.74) is 0.435. The molecule has 15 heavy (non-hydrogen) atoms. The highest BCUT2D eigenvalue weighted by atomic mass is 32.1. The third-order valence-corrected chi connectivity index (χ3v) is 2.87. The van der Waals surface area contributed by atoms with Gasteiger partial charge in [-0.2, -0.15) is 0 Å². The van der Waals surface area contributed by atoms with Crippen molar-refractivity contribution in [2.75, 3.05) is 13.6 Å². The molecule has 0 aliphatic carbocycles. The van der Waals surface area contributed by atoms with Crippen LogP contribution in [0, 0.1) is 12.7 Å². The summed E-state index contributed by atoms with van der Waals surface area (Å²) in [6.07, 6.45) is 0. The molecular weight excluding hydrogens is 219 g/mol. The van der Waals surface area contributed by atoms with E-state index >= 15 is 0 Å². The Kier molecular flexibility index (Phi) is 3.79. The number of aryl methyl sites for hydroxylation is 1. The van der Waals surface area contributed by atoms with Crippen molar-refractivity contribution in [3.8, 4) is 0 Å². The molecule has 1 rings (SSSR count). The fourth-order valence-electron chi connectivity index (χ4n) is 0.912. The van der Waals surface area contributed by atoms with Crippen LogP contribution in [0.25, 0.3) is 0 Å². The van der Waals surface area contributed by atoms with E-state index in [1.165, 1.54) is 7.05 Å². The summed E-state index contributed by atoms with van der Waals surface area (Å²) in [5, 5.41) is 6.23. The molecule has 82 valence electrons. The average Bonchev–Trinajstić information content (AvgIpc) is 2.56. The number of thiophene rings is 1. The lowest BCUT2D eigenvalue weighted by atomic mass is 10.3. The minimum Gasteiger partial charge on any atom is -0.358 e. The Morgan fingerprint density at radius 2 is 2.20 bits per heavy atom. The summed E-state index contributed by atoms with van der Waals surface area (Å²) in [5.74, 6) is -1.40. The molecular formula is C9H11FN2O2S. The first kappa shape index (κ1) is 11.6. The Hall–Kier alpha value is -1.43. The number of amides is 2. The van der Waals surface area contributed by atoms with Gasteiger partial charge in [0.15, 0.2) is 0 Å². The summed E-state index contributed by atoms with van der Waals surface area (Å²) in [6.45, 7) is 1.44. The van der Waals surface area contributed by atoms with E-state index in [4.69, 9.17) is 0 Å². The molecule has 1 aromatic heterocycles. The zero-order valence-electron chi connectivity index (χ0n) is 8.39. The fraction of sp³-hybridized carbons (Fsp3) is 0.333. The first-order valence-electron chi connectivity index (χ1n) is 4.28. The van der Waals surface area contributed by atoms with Gasteiger partial charge in [-0.3, -0.25) is 9.59 Å². The van der Waals surface area contributed by atoms with Crippen LogP contribution in [-0.4, -0.2) is 25.4 Å². The van der Waals surface area contributed by atoms with Gasteiger partial charge in [0, 0.05) is 7.05 Å². The van der Waals surface area contributed by atoms with Crippen molar-refractivity contribution in [1.82, 2.24) is 10.6 Å². The Bertz CT molecular complexity index is 389. The van der Waals surface area contributed by atoms with Gasteiger partial charge in [-0.1, -0.05) is 0 Å². The molecule has 0 saturated carbocycles. The molecule has 0 unspecified atom stereocenters. The molecule has 1 aromatic rings. The van der Waals surface area contributed by atoms with Crippen LogP contribution in [0.1, 0.15) is 15.2 Å². The molecule has 0 spiro atoms. The summed E-state index contributed by atoms with van der Waals surface area (Å²) in [7, 11) is 1.46. The van der Waals surface area contributed by atoms with Crippen molar-refractivity contribution in [3.05, 3.63) is 21.6 Å². The first-order valence-corrected chi connectivity index (χ1v) is 5.16. The van der Waals surface area contributed by atoms with E-state index in [0.717, 1.165) is 11.3 Å². The number of nitrogens with one attached hydrogen (secondary N) is 2. The van der Waals surface area contributed by atoms with Gasteiger partial charge in [-0.25, -0.2) is 4.39 Å². The number of halogens is 1. The van der Waals surface area contributed by atoms with Crippen LogP contribution >= 0.6 is 11.3 Å². The van der Waals surface area contributed by atoms with Gasteiger partial charge in [-0.15, -0.1) is 11.3 Å². The average molecular weight is 230 g/mol. The molecule has 0 aliphatic rings. The van der Waals surface area contributed by atoms with E-state index in [0.29, 0.717) is 5.56 Å². The monoisotopic (exact) mass is 230 g/mol. The van der Waals surface area contributed by atoms with Crippen LogP contribution in [0.15, 0.2) is 5.38 Å². The summed E-state index contributed by atoms with van der Waals surface area (Å²) in [6, 6.07) is 0. The van der Waals surface area contributed by atoms with Gasteiger partial charge in [0.25, 0.3) is 5.91 Å².